The SMILES string of the molecule is CCN(CC)c1ccc(C2CCCCC2)cc1N. The van der Waals surface area contributed by atoms with Crippen molar-refractivity contribution in [2.24, 2.45) is 0 Å². The minimum absolute atomic E-state index is 0.742. The summed E-state index contributed by atoms with van der Waals surface area (Å²) in [4.78, 5) is 2.32. The highest BCUT2D eigenvalue weighted by Gasteiger charge is 2.16. The number of nitrogens with two attached hydrogens (primary N) is 1. The Bertz CT molecular complexity index is 377. The molecule has 1 aromatic rings. The molecule has 0 atom stereocenters. The zero-order valence-electron chi connectivity index (χ0n) is 11.8. The van der Waals surface area contributed by atoms with Crippen molar-refractivity contribution in [3.05, 3.63) is 23.8 Å². The Kier molecular flexibility index (Phi) is 4.51. The van der Waals surface area contributed by atoms with Crippen LogP contribution in [0.25, 0.3) is 0 Å². The van der Waals surface area contributed by atoms with Crippen molar-refractivity contribution < 1.29 is 0 Å². The summed E-state index contributed by atoms with van der Waals surface area (Å²) in [5.74, 6) is 0.742. The third kappa shape index (κ3) is 2.80. The first-order valence-corrected chi connectivity index (χ1v) is 7.40. The Morgan fingerprint density at radius 3 is 2.33 bits per heavy atom. The standard InChI is InChI=1S/C16H26N2/c1-3-18(4-2)16-11-10-14(12-15(16)17)13-8-6-5-7-9-13/h10-13H,3-9,17H2,1-2H3. The Balaban J connectivity index is 2.18. The van der Waals surface area contributed by atoms with E-state index in [2.05, 4.69) is 36.9 Å². The summed E-state index contributed by atoms with van der Waals surface area (Å²) < 4.78 is 0. The molecule has 0 bridgehead atoms. The third-order valence-electron chi connectivity index (χ3n) is 4.23. The van der Waals surface area contributed by atoms with Gasteiger partial charge in [-0.2, -0.15) is 0 Å². The molecule has 1 aliphatic rings. The normalized spacial score (nSPS) is 16.8. The Morgan fingerprint density at radius 2 is 1.78 bits per heavy atom. The van der Waals surface area contributed by atoms with Crippen LogP contribution in [0, 0.1) is 0 Å². The Hall–Kier alpha value is -1.18. The van der Waals surface area contributed by atoms with Crippen LogP contribution in [0.3, 0.4) is 0 Å². The van der Waals surface area contributed by atoms with Gasteiger partial charge >= 0.3 is 0 Å². The maximum atomic E-state index is 6.24. The number of benzene rings is 1. The van der Waals surface area contributed by atoms with Crippen LogP contribution in [-0.4, -0.2) is 13.1 Å². The van der Waals surface area contributed by atoms with Crippen LogP contribution >= 0.6 is 0 Å². The lowest BCUT2D eigenvalue weighted by Crippen LogP contribution is -2.23. The second kappa shape index (κ2) is 6.12. The van der Waals surface area contributed by atoms with Gasteiger partial charge < -0.3 is 10.6 Å². The first-order valence-electron chi connectivity index (χ1n) is 7.40. The lowest BCUT2D eigenvalue weighted by atomic mass is 9.84. The number of anilines is 2. The van der Waals surface area contributed by atoms with Crippen LogP contribution in [0.5, 0.6) is 0 Å². The van der Waals surface area contributed by atoms with Gasteiger partial charge in [0.2, 0.25) is 0 Å². The minimum Gasteiger partial charge on any atom is -0.397 e. The van der Waals surface area contributed by atoms with Crippen LogP contribution < -0.4 is 10.6 Å². The predicted molar refractivity (Wildman–Crippen MR) is 80.2 cm³/mol. The summed E-state index contributed by atoms with van der Waals surface area (Å²) in [5.41, 5.74) is 9.83. The van der Waals surface area contributed by atoms with Gasteiger partial charge in [0.05, 0.1) is 11.4 Å². The topological polar surface area (TPSA) is 29.3 Å². The smallest absolute Gasteiger partial charge is 0.0599 e. The summed E-state index contributed by atoms with van der Waals surface area (Å²) in [6.45, 7) is 6.39. The van der Waals surface area contributed by atoms with Gasteiger partial charge in [0.15, 0.2) is 0 Å². The van der Waals surface area contributed by atoms with Gasteiger partial charge in [-0.1, -0.05) is 25.3 Å². The minimum atomic E-state index is 0.742. The van der Waals surface area contributed by atoms with Gasteiger partial charge in [0.1, 0.15) is 0 Å². The Labute approximate surface area is 111 Å². The van der Waals surface area contributed by atoms with Crippen molar-refractivity contribution in [3.63, 3.8) is 0 Å². The summed E-state index contributed by atoms with van der Waals surface area (Å²) in [6, 6.07) is 6.72. The zero-order valence-corrected chi connectivity index (χ0v) is 11.8. The molecular weight excluding hydrogens is 220 g/mol. The van der Waals surface area contributed by atoms with Crippen molar-refractivity contribution in [3.8, 4) is 0 Å². The summed E-state index contributed by atoms with van der Waals surface area (Å²) in [7, 11) is 0. The molecule has 0 saturated heterocycles. The maximum absolute atomic E-state index is 6.24. The largest absolute Gasteiger partial charge is 0.397 e. The molecule has 2 N–H and O–H groups in total. The number of rotatable bonds is 4. The van der Waals surface area contributed by atoms with E-state index in [0.29, 0.717) is 0 Å². The van der Waals surface area contributed by atoms with E-state index in [1.807, 2.05) is 0 Å². The fourth-order valence-electron chi connectivity index (χ4n) is 3.12. The quantitative estimate of drug-likeness (QED) is 0.808. The molecule has 2 nitrogen and oxygen atoms in total. The number of hydrogen-bond donors (Lipinski definition) is 1. The van der Waals surface area contributed by atoms with E-state index < -0.39 is 0 Å². The maximum Gasteiger partial charge on any atom is 0.0599 e. The highest BCUT2D eigenvalue weighted by atomic mass is 15.1. The molecule has 0 heterocycles. The van der Waals surface area contributed by atoms with Crippen molar-refractivity contribution in [1.82, 2.24) is 0 Å². The molecule has 0 spiro atoms. The van der Waals surface area contributed by atoms with Gasteiger partial charge in [-0.05, 0) is 50.3 Å². The first kappa shape index (κ1) is 13.3. The van der Waals surface area contributed by atoms with Crippen molar-refractivity contribution in [2.75, 3.05) is 23.7 Å². The van der Waals surface area contributed by atoms with E-state index in [0.717, 1.165) is 24.7 Å². The molecular formula is C16H26N2. The zero-order chi connectivity index (χ0) is 13.0. The van der Waals surface area contributed by atoms with E-state index in [1.165, 1.54) is 43.4 Å². The average molecular weight is 246 g/mol. The van der Waals surface area contributed by atoms with Crippen molar-refractivity contribution in [1.29, 1.82) is 0 Å². The van der Waals surface area contributed by atoms with Crippen molar-refractivity contribution >= 4 is 11.4 Å². The van der Waals surface area contributed by atoms with Gasteiger partial charge in [-0.3, -0.25) is 0 Å². The molecule has 0 unspecified atom stereocenters. The van der Waals surface area contributed by atoms with Gasteiger partial charge in [0.25, 0.3) is 0 Å². The molecule has 18 heavy (non-hydrogen) atoms. The van der Waals surface area contributed by atoms with Crippen LogP contribution in [0.2, 0.25) is 0 Å². The van der Waals surface area contributed by atoms with Gasteiger partial charge in [-0.25, -0.2) is 0 Å². The molecule has 2 heteroatoms. The van der Waals surface area contributed by atoms with Gasteiger partial charge in [-0.15, -0.1) is 0 Å². The van der Waals surface area contributed by atoms with E-state index >= 15 is 0 Å². The molecule has 0 aliphatic heterocycles. The number of hydrogen-bond acceptors (Lipinski definition) is 2. The van der Waals surface area contributed by atoms with E-state index in [1.54, 1.807) is 0 Å². The Morgan fingerprint density at radius 1 is 1.11 bits per heavy atom. The van der Waals surface area contributed by atoms with Gasteiger partial charge in [0, 0.05) is 13.1 Å². The number of nitrogen functional groups attached to an aromatic ring is 1. The fourth-order valence-corrected chi connectivity index (χ4v) is 3.12. The molecule has 0 aromatic heterocycles. The first-order chi connectivity index (χ1) is 8.76. The highest BCUT2D eigenvalue weighted by Crippen LogP contribution is 2.35. The lowest BCUT2D eigenvalue weighted by Gasteiger charge is -2.26. The molecule has 1 aliphatic carbocycles. The van der Waals surface area contributed by atoms with Crippen LogP contribution in [0.4, 0.5) is 11.4 Å². The fraction of sp³-hybridized carbons (Fsp3) is 0.625. The average Bonchev–Trinajstić information content (AvgIpc) is 2.43. The summed E-state index contributed by atoms with van der Waals surface area (Å²) >= 11 is 0. The molecule has 1 fully saturated rings. The lowest BCUT2D eigenvalue weighted by molar-refractivity contribution is 0.444. The molecule has 1 saturated carbocycles. The predicted octanol–water partition coefficient (Wildman–Crippen LogP) is 4.16. The summed E-state index contributed by atoms with van der Waals surface area (Å²) in [5, 5.41) is 0. The van der Waals surface area contributed by atoms with Crippen LogP contribution in [0.15, 0.2) is 18.2 Å². The van der Waals surface area contributed by atoms with E-state index in [4.69, 9.17) is 5.73 Å². The summed E-state index contributed by atoms with van der Waals surface area (Å²) in [6.07, 6.45) is 6.84. The molecule has 2 rings (SSSR count). The monoisotopic (exact) mass is 246 g/mol. The number of nitrogens with zero attached hydrogens (tertiary/aromatic N) is 1. The van der Waals surface area contributed by atoms with Crippen LogP contribution in [0.1, 0.15) is 57.4 Å². The van der Waals surface area contributed by atoms with E-state index in [-0.39, 0.29) is 0 Å². The molecule has 0 amide bonds. The second-order valence-corrected chi connectivity index (χ2v) is 5.33. The van der Waals surface area contributed by atoms with Crippen molar-refractivity contribution in [2.45, 2.75) is 51.9 Å². The molecule has 1 aromatic carbocycles. The third-order valence-corrected chi connectivity index (χ3v) is 4.23. The molecule has 100 valence electrons. The molecule has 0 radical (unpaired) electrons. The van der Waals surface area contributed by atoms with Crippen LogP contribution in [-0.2, 0) is 0 Å². The van der Waals surface area contributed by atoms with E-state index in [9.17, 15) is 0 Å². The highest BCUT2D eigenvalue weighted by molar-refractivity contribution is 5.68. The second-order valence-electron chi connectivity index (χ2n) is 5.33.